The lowest BCUT2D eigenvalue weighted by Gasteiger charge is -2.28. The Morgan fingerprint density at radius 1 is 0.828 bits per heavy atom. The number of carbonyl (C=O) groups excluding carboxylic acids is 2. The molecular weight excluding hydrogens is 364 g/mol. The average molecular weight is 395 g/mol. The molecule has 2 aliphatic heterocycles. The molecule has 0 radical (unpaired) electrons. The maximum absolute atomic E-state index is 12.8. The third-order valence-corrected chi connectivity index (χ3v) is 5.28. The maximum Gasteiger partial charge on any atom is 0.254 e. The minimum absolute atomic E-state index is 0.0257. The minimum Gasteiger partial charge on any atom is -0.336 e. The summed E-state index contributed by atoms with van der Waals surface area (Å²) in [5, 5.41) is 6.52. The molecule has 1 amide bonds. The number of likely N-dealkylation sites (N-methyl/N-ethyl adjacent to an activating group) is 1. The molecule has 2 fully saturated rings. The van der Waals surface area contributed by atoms with Crippen molar-refractivity contribution in [3.05, 3.63) is 59.7 Å². The molecule has 0 aliphatic carbocycles. The summed E-state index contributed by atoms with van der Waals surface area (Å²) in [6, 6.07) is 14.9. The summed E-state index contributed by atoms with van der Waals surface area (Å²) in [4.78, 5) is 28.3. The standard InChI is InChI=1S/C18H18N2O2.C5H12N2/c21-13-14-5-1-2-6-15(14)16-7-3-4-8-17(16)18(22)20-11-9-19-10-12-20;1-7-4-2-6-3-5-7/h1-8,13,19H,9-12H2;6H,2-5H2,1H3. The van der Waals surface area contributed by atoms with Crippen molar-refractivity contribution in [3.63, 3.8) is 0 Å². The van der Waals surface area contributed by atoms with Gasteiger partial charge in [0.1, 0.15) is 0 Å². The summed E-state index contributed by atoms with van der Waals surface area (Å²) in [6.45, 7) is 7.80. The molecule has 6 nitrogen and oxygen atoms in total. The first-order valence-corrected chi connectivity index (χ1v) is 10.2. The van der Waals surface area contributed by atoms with E-state index in [1.54, 1.807) is 6.07 Å². The fourth-order valence-electron chi connectivity index (χ4n) is 3.56. The van der Waals surface area contributed by atoms with Gasteiger partial charge in [0, 0.05) is 63.5 Å². The summed E-state index contributed by atoms with van der Waals surface area (Å²) in [5.74, 6) is 0.0257. The van der Waals surface area contributed by atoms with Crippen molar-refractivity contribution in [2.24, 2.45) is 0 Å². The van der Waals surface area contributed by atoms with Crippen LogP contribution in [0.2, 0.25) is 0 Å². The van der Waals surface area contributed by atoms with Gasteiger partial charge >= 0.3 is 0 Å². The Morgan fingerprint density at radius 2 is 1.38 bits per heavy atom. The molecule has 0 aromatic heterocycles. The van der Waals surface area contributed by atoms with Gasteiger partial charge in [-0.2, -0.15) is 0 Å². The van der Waals surface area contributed by atoms with Crippen molar-refractivity contribution in [1.82, 2.24) is 20.4 Å². The monoisotopic (exact) mass is 394 g/mol. The van der Waals surface area contributed by atoms with Crippen LogP contribution < -0.4 is 10.6 Å². The van der Waals surface area contributed by atoms with Gasteiger partial charge in [-0.15, -0.1) is 0 Å². The number of nitrogens with one attached hydrogen (secondary N) is 2. The van der Waals surface area contributed by atoms with Gasteiger partial charge in [0.25, 0.3) is 5.91 Å². The molecule has 2 N–H and O–H groups in total. The smallest absolute Gasteiger partial charge is 0.254 e. The Labute approximate surface area is 172 Å². The molecule has 29 heavy (non-hydrogen) atoms. The Kier molecular flexibility index (Phi) is 7.93. The molecule has 6 heteroatoms. The van der Waals surface area contributed by atoms with Crippen LogP contribution in [0.15, 0.2) is 48.5 Å². The Morgan fingerprint density at radius 3 is 1.97 bits per heavy atom. The van der Waals surface area contributed by atoms with Crippen molar-refractivity contribution in [2.45, 2.75) is 0 Å². The maximum atomic E-state index is 12.8. The van der Waals surface area contributed by atoms with Crippen LogP contribution in [0.1, 0.15) is 20.7 Å². The number of nitrogens with zero attached hydrogens (tertiary/aromatic N) is 2. The summed E-state index contributed by atoms with van der Waals surface area (Å²) in [7, 11) is 2.15. The molecule has 0 atom stereocenters. The highest BCUT2D eigenvalue weighted by atomic mass is 16.2. The fraction of sp³-hybridized carbons (Fsp3) is 0.391. The van der Waals surface area contributed by atoms with Crippen molar-refractivity contribution in [1.29, 1.82) is 0 Å². The van der Waals surface area contributed by atoms with Crippen LogP contribution in [0.4, 0.5) is 0 Å². The van der Waals surface area contributed by atoms with Gasteiger partial charge in [-0.1, -0.05) is 42.5 Å². The number of rotatable bonds is 3. The van der Waals surface area contributed by atoms with Gasteiger partial charge in [0.05, 0.1) is 0 Å². The van der Waals surface area contributed by atoms with E-state index >= 15 is 0 Å². The molecule has 0 bridgehead atoms. The highest BCUT2D eigenvalue weighted by Crippen LogP contribution is 2.27. The lowest BCUT2D eigenvalue weighted by Crippen LogP contribution is -2.46. The lowest BCUT2D eigenvalue weighted by atomic mass is 9.95. The average Bonchev–Trinajstić information content (AvgIpc) is 2.80. The zero-order chi connectivity index (χ0) is 20.5. The Bertz CT molecular complexity index is 812. The van der Waals surface area contributed by atoms with Crippen LogP contribution in [0, 0.1) is 0 Å². The zero-order valence-corrected chi connectivity index (χ0v) is 17.1. The highest BCUT2D eigenvalue weighted by molar-refractivity contribution is 6.03. The van der Waals surface area contributed by atoms with E-state index in [9.17, 15) is 9.59 Å². The normalized spacial score (nSPS) is 17.2. The van der Waals surface area contributed by atoms with Gasteiger partial charge in [0.2, 0.25) is 0 Å². The number of hydrogen-bond donors (Lipinski definition) is 2. The van der Waals surface area contributed by atoms with Crippen LogP contribution in [0.5, 0.6) is 0 Å². The van der Waals surface area contributed by atoms with Crippen LogP contribution in [0.3, 0.4) is 0 Å². The second-order valence-corrected chi connectivity index (χ2v) is 7.35. The van der Waals surface area contributed by atoms with E-state index in [1.165, 1.54) is 13.1 Å². The van der Waals surface area contributed by atoms with E-state index in [2.05, 4.69) is 22.6 Å². The predicted molar refractivity (Wildman–Crippen MR) is 116 cm³/mol. The van der Waals surface area contributed by atoms with Gasteiger partial charge in [-0.25, -0.2) is 0 Å². The van der Waals surface area contributed by atoms with E-state index in [0.717, 1.165) is 43.6 Å². The lowest BCUT2D eigenvalue weighted by molar-refractivity contribution is 0.0736. The van der Waals surface area contributed by atoms with Gasteiger partial charge in [-0.05, 0) is 24.2 Å². The fourth-order valence-corrected chi connectivity index (χ4v) is 3.56. The number of amides is 1. The first-order valence-electron chi connectivity index (χ1n) is 10.2. The van der Waals surface area contributed by atoms with Gasteiger partial charge in [0.15, 0.2) is 6.29 Å². The van der Waals surface area contributed by atoms with Crippen molar-refractivity contribution in [2.75, 3.05) is 59.4 Å². The summed E-state index contributed by atoms with van der Waals surface area (Å²) < 4.78 is 0. The highest BCUT2D eigenvalue weighted by Gasteiger charge is 2.21. The largest absolute Gasteiger partial charge is 0.336 e. The van der Waals surface area contributed by atoms with E-state index < -0.39 is 0 Å². The van der Waals surface area contributed by atoms with Crippen LogP contribution >= 0.6 is 0 Å². The van der Waals surface area contributed by atoms with E-state index in [1.807, 2.05) is 47.4 Å². The van der Waals surface area contributed by atoms with Gasteiger partial charge < -0.3 is 20.4 Å². The number of piperazine rings is 2. The molecule has 2 aromatic carbocycles. The van der Waals surface area contributed by atoms with Crippen molar-refractivity contribution < 1.29 is 9.59 Å². The van der Waals surface area contributed by atoms with Crippen LogP contribution in [0.25, 0.3) is 11.1 Å². The predicted octanol–water partition coefficient (Wildman–Crippen LogP) is 1.73. The van der Waals surface area contributed by atoms with E-state index in [0.29, 0.717) is 24.2 Å². The molecule has 2 aromatic rings. The van der Waals surface area contributed by atoms with Crippen molar-refractivity contribution in [3.8, 4) is 11.1 Å². The SMILES string of the molecule is CN1CCNCC1.O=Cc1ccccc1-c1ccccc1C(=O)N1CCNCC1. The molecule has 4 rings (SSSR count). The summed E-state index contributed by atoms with van der Waals surface area (Å²) >= 11 is 0. The van der Waals surface area contributed by atoms with Crippen LogP contribution in [-0.2, 0) is 0 Å². The summed E-state index contributed by atoms with van der Waals surface area (Å²) in [5.41, 5.74) is 2.87. The molecule has 2 aliphatic rings. The van der Waals surface area contributed by atoms with E-state index in [-0.39, 0.29) is 5.91 Å². The molecule has 0 unspecified atom stereocenters. The topological polar surface area (TPSA) is 64.7 Å². The second kappa shape index (κ2) is 10.9. The first kappa shape index (κ1) is 21.2. The van der Waals surface area contributed by atoms with Crippen molar-refractivity contribution >= 4 is 12.2 Å². The first-order chi connectivity index (χ1) is 14.2. The Balaban J connectivity index is 0.000000290. The Hall–Kier alpha value is -2.54. The third kappa shape index (κ3) is 5.73. The third-order valence-electron chi connectivity index (χ3n) is 5.28. The number of aldehydes is 1. The van der Waals surface area contributed by atoms with Crippen LogP contribution in [-0.4, -0.2) is 81.4 Å². The molecule has 2 saturated heterocycles. The zero-order valence-electron chi connectivity index (χ0n) is 17.1. The second-order valence-electron chi connectivity index (χ2n) is 7.35. The quantitative estimate of drug-likeness (QED) is 0.777. The molecule has 154 valence electrons. The summed E-state index contributed by atoms with van der Waals surface area (Å²) in [6.07, 6.45) is 0.835. The number of hydrogen-bond acceptors (Lipinski definition) is 5. The molecule has 0 spiro atoms. The molecule has 0 saturated carbocycles. The van der Waals surface area contributed by atoms with E-state index in [4.69, 9.17) is 0 Å². The number of benzene rings is 2. The van der Waals surface area contributed by atoms with Gasteiger partial charge in [-0.3, -0.25) is 9.59 Å². The minimum atomic E-state index is 0.0257. The number of carbonyl (C=O) groups is 2. The molecular formula is C23H30N4O2. The molecule has 2 heterocycles.